The highest BCUT2D eigenvalue weighted by Gasteiger charge is 2.68. The van der Waals surface area contributed by atoms with Gasteiger partial charge in [-0.3, -0.25) is 4.79 Å². The van der Waals surface area contributed by atoms with Gasteiger partial charge in [-0.05, 0) is 38.1 Å². The normalized spacial score (nSPS) is 37.3. The van der Waals surface area contributed by atoms with Crippen molar-refractivity contribution in [2.75, 3.05) is 33.1 Å². The quantitative estimate of drug-likeness (QED) is 0.863. The molecule has 5 rings (SSSR count). The lowest BCUT2D eigenvalue weighted by atomic mass is 9.51. The zero-order valence-electron chi connectivity index (χ0n) is 15.2. The molecule has 2 aliphatic carbocycles. The molecular formula is C20H25NO4S. The Hall–Kier alpha value is -1.24. The fraction of sp³-hybridized carbons (Fsp3) is 0.650. The van der Waals surface area contributed by atoms with Crippen molar-refractivity contribution in [3.05, 3.63) is 23.3 Å². The Morgan fingerprint density at radius 3 is 3.04 bits per heavy atom. The maximum Gasteiger partial charge on any atom is 0.175 e. The van der Waals surface area contributed by atoms with Crippen molar-refractivity contribution in [2.45, 2.75) is 42.1 Å². The average molecular weight is 375 g/mol. The van der Waals surface area contributed by atoms with Crippen molar-refractivity contribution in [3.63, 3.8) is 0 Å². The maximum atomic E-state index is 13.1. The molecule has 0 radical (unpaired) electrons. The third-order valence-corrected chi connectivity index (χ3v) is 8.30. The first-order valence-electron chi connectivity index (χ1n) is 9.44. The molecule has 1 saturated heterocycles. The van der Waals surface area contributed by atoms with Crippen LogP contribution in [-0.2, 0) is 16.6 Å². The van der Waals surface area contributed by atoms with E-state index in [-0.39, 0.29) is 29.2 Å². The first kappa shape index (κ1) is 16.9. The van der Waals surface area contributed by atoms with Crippen LogP contribution < -0.4 is 9.47 Å². The number of ether oxygens (including phenoxy) is 2. The zero-order chi connectivity index (χ0) is 18.1. The number of aliphatic hydroxyl groups is 1. The number of methoxy groups -OCH3 is 1. The lowest BCUT2D eigenvalue weighted by Gasteiger charge is -2.59. The van der Waals surface area contributed by atoms with Crippen LogP contribution in [0.25, 0.3) is 0 Å². The molecule has 1 aromatic carbocycles. The number of carbonyl (C=O) groups excluding carboxylic acids is 1. The SMILES string of the molecule is COc1ccc2c3c1O[C@H]1C(=O)C[C@H](SCCO)[C@H]4[C@@H](C2)N(C)CC[C@@]341. The van der Waals surface area contributed by atoms with E-state index in [0.29, 0.717) is 24.1 Å². The Morgan fingerprint density at radius 2 is 2.27 bits per heavy atom. The Labute approximate surface area is 158 Å². The van der Waals surface area contributed by atoms with Crippen molar-refractivity contribution < 1.29 is 19.4 Å². The van der Waals surface area contributed by atoms with Crippen LogP contribution in [0.4, 0.5) is 0 Å². The molecule has 5 nitrogen and oxygen atoms in total. The second-order valence-corrected chi connectivity index (χ2v) is 9.35. The molecule has 2 aliphatic heterocycles. The molecule has 1 aromatic rings. The zero-order valence-corrected chi connectivity index (χ0v) is 16.1. The number of aliphatic hydroxyl groups excluding tert-OH is 1. The van der Waals surface area contributed by atoms with Crippen molar-refractivity contribution in [1.29, 1.82) is 0 Å². The minimum Gasteiger partial charge on any atom is -0.493 e. The lowest BCUT2D eigenvalue weighted by Crippen LogP contribution is -2.68. The van der Waals surface area contributed by atoms with E-state index in [1.165, 1.54) is 11.1 Å². The summed E-state index contributed by atoms with van der Waals surface area (Å²) in [7, 11) is 3.88. The van der Waals surface area contributed by atoms with E-state index in [9.17, 15) is 9.90 Å². The minimum atomic E-state index is -0.375. The second-order valence-electron chi connectivity index (χ2n) is 8.00. The lowest BCUT2D eigenvalue weighted by molar-refractivity contribution is -0.137. The number of hydrogen-bond donors (Lipinski definition) is 1. The third-order valence-electron chi connectivity index (χ3n) is 7.00. The first-order chi connectivity index (χ1) is 12.6. The number of likely N-dealkylation sites (N-methyl/N-ethyl adjacent to an activating group) is 1. The van der Waals surface area contributed by atoms with Gasteiger partial charge in [0.05, 0.1) is 19.1 Å². The van der Waals surface area contributed by atoms with Gasteiger partial charge in [-0.1, -0.05) is 6.07 Å². The Balaban J connectivity index is 1.72. The Kier molecular flexibility index (Phi) is 3.82. The van der Waals surface area contributed by atoms with Crippen LogP contribution in [-0.4, -0.2) is 66.2 Å². The van der Waals surface area contributed by atoms with Crippen LogP contribution in [0.15, 0.2) is 12.1 Å². The van der Waals surface area contributed by atoms with Crippen molar-refractivity contribution >= 4 is 17.5 Å². The van der Waals surface area contributed by atoms with Crippen LogP contribution in [0.5, 0.6) is 11.5 Å². The molecule has 2 fully saturated rings. The fourth-order valence-electron chi connectivity index (χ4n) is 6.07. The van der Waals surface area contributed by atoms with E-state index in [2.05, 4.69) is 18.0 Å². The number of Topliss-reactive ketones (excluding diaryl/α,β-unsaturated/α-hetero) is 1. The molecule has 140 valence electrons. The van der Waals surface area contributed by atoms with E-state index in [1.807, 2.05) is 6.07 Å². The number of piperidine rings is 1. The van der Waals surface area contributed by atoms with Gasteiger partial charge in [0.2, 0.25) is 0 Å². The number of hydrogen-bond acceptors (Lipinski definition) is 6. The van der Waals surface area contributed by atoms with Crippen LogP contribution in [0.3, 0.4) is 0 Å². The van der Waals surface area contributed by atoms with Crippen molar-refractivity contribution in [3.8, 4) is 11.5 Å². The molecule has 1 spiro atoms. The highest BCUT2D eigenvalue weighted by atomic mass is 32.2. The van der Waals surface area contributed by atoms with E-state index >= 15 is 0 Å². The number of likely N-dealkylation sites (tertiary alicyclic amines) is 1. The maximum absolute atomic E-state index is 13.1. The summed E-state index contributed by atoms with van der Waals surface area (Å²) >= 11 is 1.77. The van der Waals surface area contributed by atoms with E-state index in [4.69, 9.17) is 9.47 Å². The van der Waals surface area contributed by atoms with E-state index in [1.54, 1.807) is 18.9 Å². The summed E-state index contributed by atoms with van der Waals surface area (Å²) in [4.78, 5) is 15.6. The molecular weight excluding hydrogens is 350 g/mol. The van der Waals surface area contributed by atoms with Gasteiger partial charge in [0.15, 0.2) is 23.4 Å². The molecule has 1 saturated carbocycles. The molecule has 5 atom stereocenters. The van der Waals surface area contributed by atoms with Gasteiger partial charge in [0.1, 0.15) is 0 Å². The molecule has 2 heterocycles. The first-order valence-corrected chi connectivity index (χ1v) is 10.5. The van der Waals surface area contributed by atoms with E-state index < -0.39 is 0 Å². The molecule has 4 aliphatic rings. The monoisotopic (exact) mass is 375 g/mol. The summed E-state index contributed by atoms with van der Waals surface area (Å²) in [5, 5.41) is 9.59. The van der Waals surface area contributed by atoms with Gasteiger partial charge in [-0.2, -0.15) is 11.8 Å². The molecule has 2 bridgehead atoms. The van der Waals surface area contributed by atoms with Gasteiger partial charge in [0, 0.05) is 34.9 Å². The van der Waals surface area contributed by atoms with Crippen molar-refractivity contribution in [1.82, 2.24) is 4.90 Å². The van der Waals surface area contributed by atoms with Gasteiger partial charge in [0.25, 0.3) is 0 Å². The molecule has 0 unspecified atom stereocenters. The van der Waals surface area contributed by atoms with Gasteiger partial charge >= 0.3 is 0 Å². The Bertz CT molecular complexity index is 768. The number of ketones is 1. The number of carbonyl (C=O) groups is 1. The standard InChI is InChI=1S/C20H25NO4S/c1-21-6-5-20-16-11-3-4-14(24-2)18(16)25-19(20)13(23)10-15(26-8-7-22)17(20)12(21)9-11/h3-4,12,15,17,19,22H,5-10H2,1-2H3/t12-,15+,17-,19+,20-/m1/s1. The molecule has 0 aromatic heterocycles. The summed E-state index contributed by atoms with van der Waals surface area (Å²) in [5.41, 5.74) is 2.34. The predicted molar refractivity (Wildman–Crippen MR) is 100 cm³/mol. The number of rotatable bonds is 4. The molecule has 26 heavy (non-hydrogen) atoms. The van der Waals surface area contributed by atoms with Crippen molar-refractivity contribution in [2.24, 2.45) is 5.92 Å². The second kappa shape index (κ2) is 5.88. The van der Waals surface area contributed by atoms with Crippen LogP contribution >= 0.6 is 11.8 Å². The van der Waals surface area contributed by atoms with Crippen LogP contribution in [0.1, 0.15) is 24.0 Å². The largest absolute Gasteiger partial charge is 0.493 e. The summed E-state index contributed by atoms with van der Waals surface area (Å²) < 4.78 is 11.9. The van der Waals surface area contributed by atoms with Crippen LogP contribution in [0.2, 0.25) is 0 Å². The topological polar surface area (TPSA) is 59.0 Å². The highest BCUT2D eigenvalue weighted by Crippen LogP contribution is 2.64. The highest BCUT2D eigenvalue weighted by molar-refractivity contribution is 7.99. The number of benzene rings is 1. The van der Waals surface area contributed by atoms with Gasteiger partial charge in [-0.25, -0.2) is 0 Å². The molecule has 0 amide bonds. The summed E-state index contributed by atoms with van der Waals surface area (Å²) in [6, 6.07) is 4.58. The summed E-state index contributed by atoms with van der Waals surface area (Å²) in [5.74, 6) is 2.83. The van der Waals surface area contributed by atoms with E-state index in [0.717, 1.165) is 30.9 Å². The molecule has 1 N–H and O–H groups in total. The smallest absolute Gasteiger partial charge is 0.175 e. The molecule has 6 heteroatoms. The number of thioether (sulfide) groups is 1. The third kappa shape index (κ3) is 1.98. The van der Waals surface area contributed by atoms with Gasteiger partial charge < -0.3 is 19.5 Å². The van der Waals surface area contributed by atoms with Crippen LogP contribution in [0, 0.1) is 5.92 Å². The predicted octanol–water partition coefficient (Wildman–Crippen LogP) is 1.64. The summed E-state index contributed by atoms with van der Waals surface area (Å²) in [6.07, 6.45) is 2.11. The number of nitrogens with zero attached hydrogens (tertiary/aromatic N) is 1. The van der Waals surface area contributed by atoms with Gasteiger partial charge in [-0.15, -0.1) is 0 Å². The Morgan fingerprint density at radius 1 is 1.42 bits per heavy atom. The minimum absolute atomic E-state index is 0.158. The summed E-state index contributed by atoms with van der Waals surface area (Å²) in [6.45, 7) is 1.15. The average Bonchev–Trinajstić information content (AvgIpc) is 2.99. The fourth-order valence-corrected chi connectivity index (χ4v) is 7.39.